The Bertz CT molecular complexity index is 699. The van der Waals surface area contributed by atoms with Crippen molar-refractivity contribution < 1.29 is 4.74 Å². The number of thiocarbonyl (C=S) groups is 1. The maximum absolute atomic E-state index is 5.80. The van der Waals surface area contributed by atoms with E-state index in [4.69, 9.17) is 17.0 Å². The van der Waals surface area contributed by atoms with Crippen LogP contribution >= 0.6 is 39.5 Å². The van der Waals surface area contributed by atoms with E-state index in [0.717, 1.165) is 27.2 Å². The first kappa shape index (κ1) is 18.2. The van der Waals surface area contributed by atoms with Crippen LogP contribution in [0.3, 0.4) is 0 Å². The van der Waals surface area contributed by atoms with Gasteiger partial charge in [-0.05, 0) is 86.0 Å². The highest BCUT2D eigenvalue weighted by molar-refractivity contribution is 9.10. The van der Waals surface area contributed by atoms with E-state index in [-0.39, 0.29) is 5.54 Å². The zero-order valence-electron chi connectivity index (χ0n) is 13.8. The maximum atomic E-state index is 5.80. The van der Waals surface area contributed by atoms with Crippen LogP contribution in [0, 0.1) is 13.8 Å². The van der Waals surface area contributed by atoms with Gasteiger partial charge in [-0.2, -0.15) is 4.98 Å². The number of hydrogen-bond donors (Lipinski definition) is 2. The lowest BCUT2D eigenvalue weighted by atomic mass is 10.1. The summed E-state index contributed by atoms with van der Waals surface area (Å²) in [5, 5.41) is 9.64. The summed E-state index contributed by atoms with van der Waals surface area (Å²) in [7, 11) is 0. The molecule has 2 N–H and O–H groups in total. The molecule has 1 heterocycles. The van der Waals surface area contributed by atoms with Crippen molar-refractivity contribution in [3.63, 3.8) is 0 Å². The van der Waals surface area contributed by atoms with Crippen LogP contribution in [-0.4, -0.2) is 15.6 Å². The van der Waals surface area contributed by atoms with Crippen molar-refractivity contribution >= 4 is 50.3 Å². The smallest absolute Gasteiger partial charge is 0.279 e. The first-order chi connectivity index (χ1) is 10.6. The fraction of sp³-hybridized carbons (Fsp3) is 0.375. The summed E-state index contributed by atoms with van der Waals surface area (Å²) < 4.78 is 6.58. The molecule has 0 saturated heterocycles. The molecule has 2 aromatic rings. The van der Waals surface area contributed by atoms with Crippen LogP contribution in [0.15, 0.2) is 22.1 Å². The van der Waals surface area contributed by atoms with Crippen LogP contribution in [0.25, 0.3) is 0 Å². The highest BCUT2D eigenvalue weighted by Gasteiger charge is 2.14. The average Bonchev–Trinajstić information content (AvgIpc) is 2.77. The summed E-state index contributed by atoms with van der Waals surface area (Å²) in [5.74, 6) is 0.766. The fourth-order valence-corrected chi connectivity index (χ4v) is 3.57. The zero-order chi connectivity index (χ0) is 17.2. The number of nitrogens with zero attached hydrogens (tertiary/aromatic N) is 1. The van der Waals surface area contributed by atoms with Gasteiger partial charge in [0.15, 0.2) is 5.11 Å². The molecular weight excluding hydrogens is 394 g/mol. The van der Waals surface area contributed by atoms with E-state index in [1.165, 1.54) is 11.3 Å². The number of halogens is 1. The molecule has 0 aliphatic rings. The minimum atomic E-state index is -0.0762. The van der Waals surface area contributed by atoms with E-state index in [1.54, 1.807) is 0 Å². The van der Waals surface area contributed by atoms with E-state index in [9.17, 15) is 0 Å². The molecule has 23 heavy (non-hydrogen) atoms. The van der Waals surface area contributed by atoms with Crippen LogP contribution in [0.5, 0.6) is 10.9 Å². The second-order valence-corrected chi connectivity index (χ2v) is 8.34. The Hall–Kier alpha value is -1.18. The predicted octanol–water partition coefficient (Wildman–Crippen LogP) is 5.40. The summed E-state index contributed by atoms with van der Waals surface area (Å²) in [4.78, 5) is 4.24. The topological polar surface area (TPSA) is 46.2 Å². The highest BCUT2D eigenvalue weighted by atomic mass is 79.9. The van der Waals surface area contributed by atoms with Gasteiger partial charge in [0.25, 0.3) is 5.19 Å². The second-order valence-electron chi connectivity index (χ2n) is 6.30. The minimum absolute atomic E-state index is 0.0762. The van der Waals surface area contributed by atoms with Gasteiger partial charge in [-0.1, -0.05) is 11.3 Å². The molecule has 0 saturated carbocycles. The lowest BCUT2D eigenvalue weighted by molar-refractivity contribution is 0.477. The minimum Gasteiger partial charge on any atom is -0.431 e. The van der Waals surface area contributed by atoms with Gasteiger partial charge in [-0.3, -0.25) is 0 Å². The van der Waals surface area contributed by atoms with Crippen molar-refractivity contribution in [2.45, 2.75) is 40.2 Å². The van der Waals surface area contributed by atoms with Crippen molar-refractivity contribution in [2.75, 3.05) is 5.32 Å². The number of rotatable bonds is 3. The Balaban J connectivity index is 2.15. The Labute approximate surface area is 154 Å². The summed E-state index contributed by atoms with van der Waals surface area (Å²) in [6.07, 6.45) is 0. The second kappa shape index (κ2) is 7.15. The number of ether oxygens (including phenoxy) is 1. The first-order valence-corrected chi connectivity index (χ1v) is 9.21. The molecule has 0 spiro atoms. The third-order valence-corrected chi connectivity index (χ3v) is 4.52. The van der Waals surface area contributed by atoms with Crippen LogP contribution in [0.4, 0.5) is 5.69 Å². The van der Waals surface area contributed by atoms with E-state index < -0.39 is 0 Å². The molecule has 0 atom stereocenters. The molecule has 1 aromatic carbocycles. The van der Waals surface area contributed by atoms with Gasteiger partial charge in [0.2, 0.25) is 0 Å². The van der Waals surface area contributed by atoms with E-state index in [0.29, 0.717) is 10.3 Å². The molecule has 0 aliphatic carbocycles. The lowest BCUT2D eigenvalue weighted by Crippen LogP contribution is -2.43. The third-order valence-electron chi connectivity index (χ3n) is 2.89. The number of aryl methyl sites for hydroxylation is 2. The molecular formula is C16H20BrN3OS2. The van der Waals surface area contributed by atoms with Gasteiger partial charge in [0.1, 0.15) is 10.4 Å². The number of anilines is 1. The zero-order valence-corrected chi connectivity index (χ0v) is 17.0. The van der Waals surface area contributed by atoms with E-state index in [2.05, 4.69) is 52.3 Å². The number of hydrogen-bond acceptors (Lipinski definition) is 4. The molecule has 0 fully saturated rings. The fourth-order valence-electron chi connectivity index (χ4n) is 2.05. The maximum Gasteiger partial charge on any atom is 0.279 e. The van der Waals surface area contributed by atoms with Crippen molar-refractivity contribution in [1.82, 2.24) is 10.3 Å². The monoisotopic (exact) mass is 413 g/mol. The summed E-state index contributed by atoms with van der Waals surface area (Å²) in [6, 6.07) is 3.95. The van der Waals surface area contributed by atoms with Crippen molar-refractivity contribution in [1.29, 1.82) is 0 Å². The number of benzene rings is 1. The molecule has 4 nitrogen and oxygen atoms in total. The average molecular weight is 414 g/mol. The quantitative estimate of drug-likeness (QED) is 0.659. The molecule has 0 bridgehead atoms. The van der Waals surface area contributed by atoms with Gasteiger partial charge in [-0.25, -0.2) is 0 Å². The molecule has 1 aromatic heterocycles. The number of thiazole rings is 1. The molecule has 0 unspecified atom stereocenters. The van der Waals surface area contributed by atoms with E-state index in [1.807, 2.05) is 31.4 Å². The Morgan fingerprint density at radius 2 is 1.87 bits per heavy atom. The van der Waals surface area contributed by atoms with Crippen LogP contribution in [-0.2, 0) is 0 Å². The first-order valence-electron chi connectivity index (χ1n) is 7.13. The summed E-state index contributed by atoms with van der Waals surface area (Å²) >= 11 is 10.2. The highest BCUT2D eigenvalue weighted by Crippen LogP contribution is 2.31. The number of nitrogens with one attached hydrogen (secondary N) is 2. The molecule has 124 valence electrons. The molecule has 2 rings (SSSR count). The van der Waals surface area contributed by atoms with Gasteiger partial charge < -0.3 is 15.4 Å². The molecule has 7 heteroatoms. The molecule has 0 amide bonds. The van der Waals surface area contributed by atoms with Crippen LogP contribution in [0.1, 0.15) is 31.9 Å². The Morgan fingerprint density at radius 1 is 1.26 bits per heavy atom. The normalized spacial score (nSPS) is 11.2. The standard InChI is InChI=1S/C16H20BrN3OS2/c1-9-6-11(21-15-18-12(17)8-23-15)7-10(2)13(9)19-14(22)20-16(3,4)5/h6-8H,1-5H3,(H2,19,20,22). The van der Waals surface area contributed by atoms with Crippen LogP contribution in [0.2, 0.25) is 0 Å². The Morgan fingerprint density at radius 3 is 2.35 bits per heavy atom. The molecule has 0 aliphatic heterocycles. The number of aromatic nitrogens is 1. The molecule has 0 radical (unpaired) electrons. The van der Waals surface area contributed by atoms with Gasteiger partial charge in [-0.15, -0.1) is 0 Å². The lowest BCUT2D eigenvalue weighted by Gasteiger charge is -2.24. The van der Waals surface area contributed by atoms with Crippen molar-refractivity contribution in [2.24, 2.45) is 0 Å². The van der Waals surface area contributed by atoms with Crippen molar-refractivity contribution in [3.05, 3.63) is 33.2 Å². The predicted molar refractivity (Wildman–Crippen MR) is 105 cm³/mol. The summed E-state index contributed by atoms with van der Waals surface area (Å²) in [6.45, 7) is 10.3. The largest absolute Gasteiger partial charge is 0.431 e. The Kier molecular flexibility index (Phi) is 5.65. The van der Waals surface area contributed by atoms with Gasteiger partial charge >= 0.3 is 0 Å². The SMILES string of the molecule is Cc1cc(Oc2nc(Br)cs2)cc(C)c1NC(=S)NC(C)(C)C. The third kappa shape index (κ3) is 5.44. The summed E-state index contributed by atoms with van der Waals surface area (Å²) in [5.41, 5.74) is 3.05. The van der Waals surface area contributed by atoms with E-state index >= 15 is 0 Å². The van der Waals surface area contributed by atoms with Crippen molar-refractivity contribution in [3.8, 4) is 10.9 Å². The van der Waals surface area contributed by atoms with Crippen LogP contribution < -0.4 is 15.4 Å². The van der Waals surface area contributed by atoms with Gasteiger partial charge in [0, 0.05) is 16.6 Å². The van der Waals surface area contributed by atoms with Gasteiger partial charge in [0.05, 0.1) is 0 Å².